The molecular formula is C53H52O6S. The first-order chi connectivity index (χ1) is 29.6. The summed E-state index contributed by atoms with van der Waals surface area (Å²) in [7, 11) is 0. The molecule has 0 radical (unpaired) electrons. The van der Waals surface area contributed by atoms with Crippen molar-refractivity contribution in [1.29, 1.82) is 0 Å². The van der Waals surface area contributed by atoms with E-state index in [2.05, 4.69) is 98.8 Å². The third kappa shape index (κ3) is 8.90. The molecule has 60 heavy (non-hydrogen) atoms. The molecule has 0 saturated carbocycles. The largest absolute Gasteiger partial charge is 0.374 e. The molecule has 0 unspecified atom stereocenters. The molecule has 0 aliphatic carbocycles. The van der Waals surface area contributed by atoms with Gasteiger partial charge in [-0.25, -0.2) is 0 Å². The van der Waals surface area contributed by atoms with Crippen LogP contribution in [0.1, 0.15) is 61.9 Å². The van der Waals surface area contributed by atoms with Gasteiger partial charge >= 0.3 is 0 Å². The lowest BCUT2D eigenvalue weighted by molar-refractivity contribution is -0.387. The summed E-state index contributed by atoms with van der Waals surface area (Å²) in [5.41, 5.74) is 10.3. The molecule has 5 atom stereocenters. The van der Waals surface area contributed by atoms with Crippen molar-refractivity contribution in [2.75, 3.05) is 6.61 Å². The zero-order valence-corrected chi connectivity index (χ0v) is 35.2. The molecule has 0 bridgehead atoms. The molecule has 7 aromatic rings. The number of hydrogen-bond acceptors (Lipinski definition) is 7. The van der Waals surface area contributed by atoms with Gasteiger partial charge in [0.25, 0.3) is 0 Å². The first kappa shape index (κ1) is 40.4. The second-order valence-corrected chi connectivity index (χ2v) is 17.1. The van der Waals surface area contributed by atoms with Gasteiger partial charge in [0, 0.05) is 15.1 Å². The summed E-state index contributed by atoms with van der Waals surface area (Å²) < 4.78 is 43.5. The van der Waals surface area contributed by atoms with Gasteiger partial charge in [-0.3, -0.25) is 0 Å². The second-order valence-electron chi connectivity index (χ2n) is 15.8. The Kier molecular flexibility index (Phi) is 12.6. The molecular weight excluding hydrogens is 765 g/mol. The van der Waals surface area contributed by atoms with Crippen LogP contribution in [-0.2, 0) is 80.1 Å². The molecule has 7 heteroatoms. The van der Waals surface area contributed by atoms with Crippen molar-refractivity contribution in [3.8, 4) is 0 Å². The van der Waals surface area contributed by atoms with Gasteiger partial charge in [-0.15, -0.1) is 11.3 Å². The van der Waals surface area contributed by atoms with Crippen molar-refractivity contribution >= 4 is 21.4 Å². The number of benzene rings is 6. The lowest BCUT2D eigenvalue weighted by Gasteiger charge is -2.51. The summed E-state index contributed by atoms with van der Waals surface area (Å²) >= 11 is 1.84. The summed E-state index contributed by atoms with van der Waals surface area (Å²) in [6.07, 6.45) is -0.606. The van der Waals surface area contributed by atoms with Crippen LogP contribution < -0.4 is 0 Å². The molecule has 6 nitrogen and oxygen atoms in total. The minimum atomic E-state index is -1.32. The molecule has 1 fully saturated rings. The van der Waals surface area contributed by atoms with Crippen LogP contribution in [0.3, 0.4) is 0 Å². The smallest absolute Gasteiger partial charge is 0.226 e. The van der Waals surface area contributed by atoms with E-state index in [1.54, 1.807) is 0 Å². The summed E-state index contributed by atoms with van der Waals surface area (Å²) in [6.45, 7) is 6.54. The van der Waals surface area contributed by atoms with E-state index in [4.69, 9.17) is 28.4 Å². The van der Waals surface area contributed by atoms with E-state index in [-0.39, 0.29) is 6.61 Å². The minimum Gasteiger partial charge on any atom is -0.374 e. The normalized spacial score (nSPS) is 21.1. The highest BCUT2D eigenvalue weighted by atomic mass is 32.1. The van der Waals surface area contributed by atoms with Crippen molar-refractivity contribution in [3.63, 3.8) is 0 Å². The highest BCUT2D eigenvalue weighted by Crippen LogP contribution is 2.51. The van der Waals surface area contributed by atoms with Gasteiger partial charge in [-0.05, 0) is 81.8 Å². The summed E-state index contributed by atoms with van der Waals surface area (Å²) in [6, 6.07) is 54.7. The zero-order chi connectivity index (χ0) is 40.7. The first-order valence-electron chi connectivity index (χ1n) is 21.1. The molecule has 2 aliphatic heterocycles. The number of hydrogen-bond donors (Lipinski definition) is 0. The topological polar surface area (TPSA) is 55.4 Å². The number of ether oxygens (including phenoxy) is 6. The molecule has 9 rings (SSSR count). The van der Waals surface area contributed by atoms with E-state index < -0.39 is 30.2 Å². The van der Waals surface area contributed by atoms with Crippen molar-refractivity contribution < 1.29 is 28.4 Å². The standard InChI is InChI=1S/C53H52O6S/c1-3-38-24-26-39(27-25-38)28-45-37(2)60-49-29-44-35-58-53(47(44)30-46(45)49)52(57-34-43-22-14-7-15-23-43)51(56-33-42-20-12-6-13-21-42)50(55-32-41-18-10-5-11-19-41)48(59-53)36-54-31-40-16-8-4-9-17-40/h4-27,29-30,48,50-52H,3,28,31-36H2,1-2H3/t48-,50+,51+,52-,53+/m1/s1. The van der Waals surface area contributed by atoms with Crippen LogP contribution in [0.25, 0.3) is 10.1 Å². The van der Waals surface area contributed by atoms with Crippen LogP contribution in [0, 0.1) is 6.92 Å². The average molecular weight is 817 g/mol. The fourth-order valence-corrected chi connectivity index (χ4v) is 9.68. The van der Waals surface area contributed by atoms with Gasteiger partial charge in [0.05, 0.1) is 39.6 Å². The van der Waals surface area contributed by atoms with Crippen LogP contribution >= 0.6 is 11.3 Å². The van der Waals surface area contributed by atoms with E-state index in [9.17, 15) is 0 Å². The van der Waals surface area contributed by atoms with Crippen LogP contribution in [-0.4, -0.2) is 31.0 Å². The van der Waals surface area contributed by atoms with Gasteiger partial charge in [0.15, 0.2) is 0 Å². The molecule has 1 aromatic heterocycles. The first-order valence-corrected chi connectivity index (χ1v) is 21.9. The maximum absolute atomic E-state index is 7.45. The predicted molar refractivity (Wildman–Crippen MR) is 238 cm³/mol. The van der Waals surface area contributed by atoms with E-state index in [0.29, 0.717) is 33.0 Å². The van der Waals surface area contributed by atoms with Crippen molar-refractivity contribution in [1.82, 2.24) is 0 Å². The van der Waals surface area contributed by atoms with Crippen molar-refractivity contribution in [3.05, 3.63) is 213 Å². The average Bonchev–Trinajstić information content (AvgIpc) is 3.80. The monoisotopic (exact) mass is 816 g/mol. The third-order valence-corrected chi connectivity index (χ3v) is 12.9. The molecule has 1 saturated heterocycles. The zero-order valence-electron chi connectivity index (χ0n) is 34.3. The SMILES string of the molecule is CCc1ccc(Cc2c(C)sc3cc4c(cc23)[C@]2(OC4)O[C@H](COCc3ccccc3)[C@H](OCc3ccccc3)[C@H](OCc3ccccc3)[C@H]2OCc2ccccc2)cc1. The number of aryl methyl sites for hydroxylation is 2. The maximum Gasteiger partial charge on any atom is 0.226 e. The van der Waals surface area contributed by atoms with Gasteiger partial charge < -0.3 is 28.4 Å². The fourth-order valence-electron chi connectivity index (χ4n) is 8.55. The Hall–Kier alpha value is -4.96. The Morgan fingerprint density at radius 1 is 0.600 bits per heavy atom. The lowest BCUT2D eigenvalue weighted by Crippen LogP contribution is -2.65. The molecule has 0 N–H and O–H groups in total. The molecule has 0 amide bonds. The van der Waals surface area contributed by atoms with Crippen LogP contribution in [0.15, 0.2) is 158 Å². The lowest BCUT2D eigenvalue weighted by atomic mass is 9.86. The van der Waals surface area contributed by atoms with Crippen LogP contribution in [0.2, 0.25) is 0 Å². The van der Waals surface area contributed by atoms with Crippen molar-refractivity contribution in [2.45, 2.75) is 89.9 Å². The fraction of sp³-hybridized carbons (Fsp3) is 0.283. The summed E-state index contributed by atoms with van der Waals surface area (Å²) in [5, 5.41) is 1.21. The Bertz CT molecular complexity index is 2440. The molecule has 2 aliphatic rings. The van der Waals surface area contributed by atoms with E-state index in [0.717, 1.165) is 46.2 Å². The van der Waals surface area contributed by atoms with Crippen LogP contribution in [0.5, 0.6) is 0 Å². The van der Waals surface area contributed by atoms with Crippen molar-refractivity contribution in [2.24, 2.45) is 0 Å². The van der Waals surface area contributed by atoms with Gasteiger partial charge in [0.1, 0.15) is 24.4 Å². The Morgan fingerprint density at radius 2 is 1.13 bits per heavy atom. The van der Waals surface area contributed by atoms with Gasteiger partial charge in [0.2, 0.25) is 5.79 Å². The minimum absolute atomic E-state index is 0.254. The highest BCUT2D eigenvalue weighted by molar-refractivity contribution is 7.19. The Labute approximate surface area is 357 Å². The molecule has 1 spiro atoms. The maximum atomic E-state index is 7.45. The van der Waals surface area contributed by atoms with Gasteiger partial charge in [-0.1, -0.05) is 153 Å². The van der Waals surface area contributed by atoms with Gasteiger partial charge in [-0.2, -0.15) is 0 Å². The Morgan fingerprint density at radius 3 is 1.72 bits per heavy atom. The number of fused-ring (bicyclic) bond motifs is 3. The van der Waals surface area contributed by atoms with E-state index in [1.165, 1.54) is 31.7 Å². The number of rotatable bonds is 16. The predicted octanol–water partition coefficient (Wildman–Crippen LogP) is 11.4. The highest BCUT2D eigenvalue weighted by Gasteiger charge is 2.61. The van der Waals surface area contributed by atoms with E-state index >= 15 is 0 Å². The van der Waals surface area contributed by atoms with E-state index in [1.807, 2.05) is 84.1 Å². The Balaban J connectivity index is 1.15. The molecule has 3 heterocycles. The summed E-state index contributed by atoms with van der Waals surface area (Å²) in [5.74, 6) is -1.32. The molecule has 6 aromatic carbocycles. The third-order valence-electron chi connectivity index (χ3n) is 11.8. The second kappa shape index (κ2) is 18.8. The number of thiophene rings is 1. The molecule has 306 valence electrons. The summed E-state index contributed by atoms with van der Waals surface area (Å²) in [4.78, 5) is 1.32. The van der Waals surface area contributed by atoms with Crippen LogP contribution in [0.4, 0.5) is 0 Å². The quantitative estimate of drug-likeness (QED) is 0.0968.